The molecular weight excluding hydrogens is 400 g/mol. The monoisotopic (exact) mass is 422 g/mol. The number of carboxylic acids is 1. The molecule has 4 aromatic rings. The van der Waals surface area contributed by atoms with Gasteiger partial charge in [0.2, 0.25) is 0 Å². The summed E-state index contributed by atoms with van der Waals surface area (Å²) in [7, 11) is 0. The Morgan fingerprint density at radius 3 is 1.75 bits per heavy atom. The minimum atomic E-state index is -0.901. The number of rotatable bonds is 5. The molecular formula is C28H22O4. The fourth-order valence-electron chi connectivity index (χ4n) is 4.99. The minimum Gasteiger partial charge on any atom is -0.481 e. The Labute approximate surface area is 186 Å². The van der Waals surface area contributed by atoms with E-state index in [2.05, 4.69) is 0 Å². The van der Waals surface area contributed by atoms with Crippen LogP contribution in [-0.4, -0.2) is 17.0 Å². The number of aliphatic carboxylic acids is 1. The molecule has 1 aliphatic carbocycles. The second-order valence-corrected chi connectivity index (χ2v) is 8.16. The summed E-state index contributed by atoms with van der Waals surface area (Å²) >= 11 is 0. The normalized spacial score (nSPS) is 22.1. The molecule has 0 amide bonds. The van der Waals surface area contributed by atoms with Crippen molar-refractivity contribution in [2.75, 3.05) is 0 Å². The van der Waals surface area contributed by atoms with Crippen molar-refractivity contribution in [3.63, 3.8) is 0 Å². The van der Waals surface area contributed by atoms with Crippen molar-refractivity contribution in [1.29, 1.82) is 0 Å². The maximum absolute atomic E-state index is 13.6. The number of carbonyl (C=O) groups is 2. The van der Waals surface area contributed by atoms with E-state index < -0.39 is 35.6 Å². The van der Waals surface area contributed by atoms with Crippen molar-refractivity contribution < 1.29 is 19.4 Å². The number of hydrogen-bond donors (Lipinski definition) is 1. The van der Waals surface area contributed by atoms with E-state index in [0.29, 0.717) is 5.75 Å². The molecule has 0 aromatic heterocycles. The summed E-state index contributed by atoms with van der Waals surface area (Å²) in [6.07, 6.45) is 0. The lowest BCUT2D eigenvalue weighted by atomic mass is 9.52. The topological polar surface area (TPSA) is 63.6 Å². The molecule has 4 heteroatoms. The highest BCUT2D eigenvalue weighted by atomic mass is 16.5. The zero-order chi connectivity index (χ0) is 22.1. The quantitative estimate of drug-likeness (QED) is 0.334. The number of esters is 1. The minimum absolute atomic E-state index is 0.401. The molecule has 0 radical (unpaired) electrons. The smallest absolute Gasteiger partial charge is 0.315 e. The first-order valence-electron chi connectivity index (χ1n) is 10.7. The molecule has 32 heavy (non-hydrogen) atoms. The zero-order valence-electron chi connectivity index (χ0n) is 17.3. The van der Waals surface area contributed by atoms with Crippen molar-refractivity contribution in [3.05, 3.63) is 114 Å². The van der Waals surface area contributed by atoms with Crippen LogP contribution in [0.5, 0.6) is 5.75 Å². The molecule has 158 valence electrons. The van der Waals surface area contributed by atoms with Gasteiger partial charge in [-0.1, -0.05) is 97.1 Å². The maximum atomic E-state index is 13.6. The van der Waals surface area contributed by atoms with Crippen LogP contribution in [-0.2, 0) is 9.59 Å². The molecule has 2 atom stereocenters. The predicted octanol–water partition coefficient (Wildman–Crippen LogP) is 5.64. The van der Waals surface area contributed by atoms with Crippen LogP contribution < -0.4 is 4.74 Å². The first-order valence-corrected chi connectivity index (χ1v) is 10.7. The largest absolute Gasteiger partial charge is 0.481 e. The third kappa shape index (κ3) is 3.44. The van der Waals surface area contributed by atoms with Gasteiger partial charge < -0.3 is 9.84 Å². The summed E-state index contributed by atoms with van der Waals surface area (Å²) in [6.45, 7) is 0. The molecule has 5 rings (SSSR count). The first kappa shape index (κ1) is 20.0. The number of benzene rings is 4. The average molecular weight is 422 g/mol. The third-order valence-corrected chi connectivity index (χ3v) is 6.43. The predicted molar refractivity (Wildman–Crippen MR) is 123 cm³/mol. The Balaban J connectivity index is 1.55. The molecule has 4 nitrogen and oxygen atoms in total. The van der Waals surface area contributed by atoms with Crippen LogP contribution in [0.3, 0.4) is 0 Å². The number of carbonyl (C=O) groups excluding carboxylic acids is 1. The van der Waals surface area contributed by atoms with E-state index in [0.717, 1.165) is 21.9 Å². The van der Waals surface area contributed by atoms with E-state index in [-0.39, 0.29) is 0 Å². The summed E-state index contributed by atoms with van der Waals surface area (Å²) in [5.41, 5.74) is 1.68. The molecule has 0 heterocycles. The molecule has 0 unspecified atom stereocenters. The fraction of sp³-hybridized carbons (Fsp3) is 0.143. The van der Waals surface area contributed by atoms with Crippen molar-refractivity contribution in [1.82, 2.24) is 0 Å². The standard InChI is InChI=1S/C28H22O4/c29-27(30)25-23(19-11-3-1-4-12-19)26(24(25)20-13-5-2-6-14-20)28(31)32-22-17-9-15-18-10-7-8-16-21(18)22/h1-17,23-26H,(H,29,30)/t23-,24-,25?,26?/m1/s1. The van der Waals surface area contributed by atoms with Gasteiger partial charge in [0.25, 0.3) is 0 Å². The molecule has 1 aliphatic rings. The number of hydrogen-bond acceptors (Lipinski definition) is 3. The molecule has 0 saturated heterocycles. The van der Waals surface area contributed by atoms with Crippen molar-refractivity contribution in [3.8, 4) is 5.75 Å². The van der Waals surface area contributed by atoms with Crippen LogP contribution in [0.15, 0.2) is 103 Å². The van der Waals surface area contributed by atoms with Crippen molar-refractivity contribution in [2.45, 2.75) is 11.8 Å². The van der Waals surface area contributed by atoms with Gasteiger partial charge in [-0.15, -0.1) is 0 Å². The Bertz CT molecular complexity index is 1210. The SMILES string of the molecule is O=C(O)C1[C@@H](c2ccccc2)C(C(=O)Oc2cccc3ccccc23)[C@@H]1c1ccccc1. The highest BCUT2D eigenvalue weighted by Gasteiger charge is 2.59. The Morgan fingerprint density at radius 1 is 0.625 bits per heavy atom. The van der Waals surface area contributed by atoms with Crippen LogP contribution in [0.1, 0.15) is 23.0 Å². The Morgan fingerprint density at radius 2 is 1.16 bits per heavy atom. The lowest BCUT2D eigenvalue weighted by Gasteiger charge is -2.49. The van der Waals surface area contributed by atoms with Gasteiger partial charge in [0.15, 0.2) is 0 Å². The van der Waals surface area contributed by atoms with Gasteiger partial charge in [0.1, 0.15) is 5.75 Å². The van der Waals surface area contributed by atoms with E-state index in [1.54, 1.807) is 6.07 Å². The van der Waals surface area contributed by atoms with Crippen LogP contribution in [0.2, 0.25) is 0 Å². The van der Waals surface area contributed by atoms with Gasteiger partial charge in [-0.3, -0.25) is 9.59 Å². The number of fused-ring (bicyclic) bond motifs is 1. The molecule has 4 aromatic carbocycles. The van der Waals surface area contributed by atoms with Crippen LogP contribution >= 0.6 is 0 Å². The van der Waals surface area contributed by atoms with E-state index >= 15 is 0 Å². The van der Waals surface area contributed by atoms with E-state index in [9.17, 15) is 14.7 Å². The first-order chi connectivity index (χ1) is 15.6. The van der Waals surface area contributed by atoms with Crippen LogP contribution in [0, 0.1) is 11.8 Å². The summed E-state index contributed by atoms with van der Waals surface area (Å²) in [5.74, 6) is -3.03. The van der Waals surface area contributed by atoms with Gasteiger partial charge in [0, 0.05) is 17.2 Å². The summed E-state index contributed by atoms with van der Waals surface area (Å²) in [4.78, 5) is 25.9. The summed E-state index contributed by atoms with van der Waals surface area (Å²) in [5, 5.41) is 11.9. The van der Waals surface area contributed by atoms with Crippen molar-refractivity contribution >= 4 is 22.7 Å². The Hall–Kier alpha value is -3.92. The van der Waals surface area contributed by atoms with E-state index in [1.165, 1.54) is 0 Å². The van der Waals surface area contributed by atoms with Crippen LogP contribution in [0.25, 0.3) is 10.8 Å². The number of carboxylic acid groups (broad SMARTS) is 1. The molecule has 1 fully saturated rings. The van der Waals surface area contributed by atoms with E-state index in [4.69, 9.17) is 4.74 Å². The average Bonchev–Trinajstić information content (AvgIpc) is 2.80. The summed E-state index contributed by atoms with van der Waals surface area (Å²) < 4.78 is 5.93. The molecule has 0 aliphatic heterocycles. The molecule has 1 saturated carbocycles. The fourth-order valence-corrected chi connectivity index (χ4v) is 4.99. The van der Waals surface area contributed by atoms with E-state index in [1.807, 2.05) is 97.1 Å². The Kier molecular flexibility index (Phi) is 5.20. The summed E-state index contributed by atoms with van der Waals surface area (Å²) in [6, 6.07) is 32.2. The third-order valence-electron chi connectivity index (χ3n) is 6.43. The molecule has 1 N–H and O–H groups in total. The van der Waals surface area contributed by atoms with Gasteiger partial charge in [-0.2, -0.15) is 0 Å². The van der Waals surface area contributed by atoms with Crippen molar-refractivity contribution in [2.24, 2.45) is 11.8 Å². The zero-order valence-corrected chi connectivity index (χ0v) is 17.3. The van der Waals surface area contributed by atoms with Crippen LogP contribution in [0.4, 0.5) is 0 Å². The lowest BCUT2D eigenvalue weighted by Crippen LogP contribution is -2.52. The van der Waals surface area contributed by atoms with Gasteiger partial charge >= 0.3 is 11.9 Å². The second-order valence-electron chi connectivity index (χ2n) is 8.16. The highest BCUT2D eigenvalue weighted by Crippen LogP contribution is 2.58. The van der Waals surface area contributed by atoms with Gasteiger partial charge in [0.05, 0.1) is 11.8 Å². The molecule has 0 spiro atoms. The number of ether oxygens (including phenoxy) is 1. The second kappa shape index (κ2) is 8.31. The van der Waals surface area contributed by atoms with Gasteiger partial charge in [-0.25, -0.2) is 0 Å². The molecule has 0 bridgehead atoms. The van der Waals surface area contributed by atoms with Gasteiger partial charge in [-0.05, 0) is 22.6 Å². The maximum Gasteiger partial charge on any atom is 0.315 e. The lowest BCUT2D eigenvalue weighted by molar-refractivity contribution is -0.158. The highest BCUT2D eigenvalue weighted by molar-refractivity contribution is 5.92.